The molecule has 0 bridgehead atoms. The monoisotopic (exact) mass is 735 g/mol. The van der Waals surface area contributed by atoms with Crippen LogP contribution in [0.3, 0.4) is 0 Å². The Kier molecular flexibility index (Phi) is 33.4. The molecule has 0 heterocycles. The Morgan fingerprint density at radius 2 is 1.08 bits per heavy atom. The summed E-state index contributed by atoms with van der Waals surface area (Å²) >= 11 is 0. The molecule has 0 aromatic heterocycles. The SMILES string of the molecule is CCC/C=C\C/C=C\CCCCCCCC(=O)OCC(COC(OCC[N+](C)(C)C)C(=O)O)OC(=O)CCCCCCC/C=C\C/C=C\CCCC. The Balaban J connectivity index is 4.56. The van der Waals surface area contributed by atoms with Gasteiger partial charge in [-0.05, 0) is 64.2 Å². The number of nitrogens with zero attached hydrogens (tertiary/aromatic N) is 1. The van der Waals surface area contributed by atoms with Gasteiger partial charge in [-0.15, -0.1) is 0 Å². The molecule has 0 amide bonds. The fraction of sp³-hybridized carbons (Fsp3) is 0.744. The molecule has 0 saturated carbocycles. The fourth-order valence-electron chi connectivity index (χ4n) is 5.06. The van der Waals surface area contributed by atoms with E-state index in [4.69, 9.17) is 18.9 Å². The van der Waals surface area contributed by atoms with Crippen LogP contribution in [-0.2, 0) is 33.3 Å². The lowest BCUT2D eigenvalue weighted by Crippen LogP contribution is -2.40. The van der Waals surface area contributed by atoms with Gasteiger partial charge in [0, 0.05) is 12.8 Å². The molecule has 1 N–H and O–H groups in total. The number of hydrogen-bond acceptors (Lipinski definition) is 7. The molecule has 0 aromatic rings. The lowest BCUT2D eigenvalue weighted by molar-refractivity contribution is -0.870. The van der Waals surface area contributed by atoms with E-state index in [0.717, 1.165) is 96.3 Å². The highest BCUT2D eigenvalue weighted by Crippen LogP contribution is 2.12. The zero-order valence-electron chi connectivity index (χ0n) is 33.7. The Bertz CT molecular complexity index is 998. The molecule has 0 fully saturated rings. The first-order valence-corrected chi connectivity index (χ1v) is 20.3. The van der Waals surface area contributed by atoms with Gasteiger partial charge in [-0.25, -0.2) is 4.79 Å². The molecule has 0 aliphatic rings. The number of esters is 2. The average molecular weight is 735 g/mol. The number of carboxylic acid groups (broad SMARTS) is 1. The molecular weight excluding hydrogens is 658 g/mol. The number of hydrogen-bond donors (Lipinski definition) is 1. The smallest absolute Gasteiger partial charge is 0.361 e. The summed E-state index contributed by atoms with van der Waals surface area (Å²) in [4.78, 5) is 36.9. The molecule has 300 valence electrons. The van der Waals surface area contributed by atoms with Crippen molar-refractivity contribution in [3.05, 3.63) is 48.6 Å². The molecule has 0 rings (SSSR count). The molecule has 0 aromatic carbocycles. The van der Waals surface area contributed by atoms with Gasteiger partial charge in [0.1, 0.15) is 13.2 Å². The summed E-state index contributed by atoms with van der Waals surface area (Å²) in [5.41, 5.74) is 0. The van der Waals surface area contributed by atoms with E-state index in [0.29, 0.717) is 17.4 Å². The third-order valence-corrected chi connectivity index (χ3v) is 8.29. The number of ether oxygens (including phenoxy) is 4. The molecule has 2 unspecified atom stereocenters. The Hall–Kier alpha value is -2.75. The highest BCUT2D eigenvalue weighted by molar-refractivity contribution is 5.71. The van der Waals surface area contributed by atoms with Crippen LogP contribution >= 0.6 is 0 Å². The second kappa shape index (κ2) is 35.3. The molecule has 9 heteroatoms. The molecule has 0 spiro atoms. The first-order chi connectivity index (χ1) is 25.1. The third kappa shape index (κ3) is 35.6. The number of likely N-dealkylation sites (N-methyl/N-ethyl adjacent to an activating group) is 1. The Morgan fingerprint density at radius 3 is 1.60 bits per heavy atom. The number of carbonyl (C=O) groups is 3. The molecule has 0 saturated heterocycles. The topological polar surface area (TPSA) is 108 Å². The minimum atomic E-state index is -1.52. The van der Waals surface area contributed by atoms with Gasteiger partial charge in [-0.3, -0.25) is 9.59 Å². The van der Waals surface area contributed by atoms with Gasteiger partial charge in [0.2, 0.25) is 0 Å². The number of carbonyl (C=O) groups excluding carboxylic acids is 2. The van der Waals surface area contributed by atoms with E-state index in [9.17, 15) is 19.5 Å². The van der Waals surface area contributed by atoms with Crippen molar-refractivity contribution in [2.75, 3.05) is 47.5 Å². The lowest BCUT2D eigenvalue weighted by atomic mass is 10.1. The van der Waals surface area contributed by atoms with Crippen LogP contribution in [0.2, 0.25) is 0 Å². The molecule has 0 aliphatic carbocycles. The molecule has 9 nitrogen and oxygen atoms in total. The van der Waals surface area contributed by atoms with Gasteiger partial charge in [-0.2, -0.15) is 0 Å². The highest BCUT2D eigenvalue weighted by Gasteiger charge is 2.25. The third-order valence-electron chi connectivity index (χ3n) is 8.29. The highest BCUT2D eigenvalue weighted by atomic mass is 16.7. The predicted octanol–water partition coefficient (Wildman–Crippen LogP) is 10.0. The molecule has 0 radical (unpaired) electrons. The standard InChI is InChI=1S/C43H75NO8/c1-6-8-10-12-14-16-18-20-22-24-26-28-30-32-34-41(46)52-39(38-51-43(42(47)48)49-36-35-44(3,4)5)37-50-40(45)33-31-29-27-25-23-21-19-17-15-13-11-9-7-2/h11-14,17-20,39,43H,6-10,15-16,21-38H2,1-5H3/p+1/b13-11-,14-12-,19-17-,20-18-. The number of quaternary nitrogens is 1. The van der Waals surface area contributed by atoms with Gasteiger partial charge in [-0.1, -0.05) is 120 Å². The summed E-state index contributed by atoms with van der Waals surface area (Å²) in [6.45, 7) is 4.70. The minimum absolute atomic E-state index is 0.181. The van der Waals surface area contributed by atoms with Crippen LogP contribution in [0, 0.1) is 0 Å². The van der Waals surface area contributed by atoms with Crippen molar-refractivity contribution in [1.82, 2.24) is 0 Å². The Morgan fingerprint density at radius 1 is 0.577 bits per heavy atom. The van der Waals surface area contributed by atoms with Gasteiger partial charge >= 0.3 is 17.9 Å². The summed E-state index contributed by atoms with van der Waals surface area (Å²) in [5.74, 6) is -2.05. The van der Waals surface area contributed by atoms with Gasteiger partial charge in [0.15, 0.2) is 6.10 Å². The summed E-state index contributed by atoms with van der Waals surface area (Å²) in [6.07, 6.45) is 35.9. The van der Waals surface area contributed by atoms with Crippen molar-refractivity contribution in [1.29, 1.82) is 0 Å². The number of allylic oxidation sites excluding steroid dienone is 8. The number of rotatable bonds is 36. The Labute approximate surface area is 317 Å². The maximum atomic E-state index is 12.7. The largest absolute Gasteiger partial charge is 0.477 e. The lowest BCUT2D eigenvalue weighted by Gasteiger charge is -2.25. The summed E-state index contributed by atoms with van der Waals surface area (Å²) in [6, 6.07) is 0. The normalized spacial score (nSPS) is 13.5. The molecule has 52 heavy (non-hydrogen) atoms. The van der Waals surface area contributed by atoms with E-state index in [1.165, 1.54) is 19.3 Å². The first-order valence-electron chi connectivity index (χ1n) is 20.3. The van der Waals surface area contributed by atoms with E-state index in [-0.39, 0.29) is 38.6 Å². The van der Waals surface area contributed by atoms with Crippen molar-refractivity contribution in [3.63, 3.8) is 0 Å². The molecular formula is C43H76NO8+. The summed E-state index contributed by atoms with van der Waals surface area (Å²) in [7, 11) is 5.93. The van der Waals surface area contributed by atoms with Crippen molar-refractivity contribution in [2.24, 2.45) is 0 Å². The van der Waals surface area contributed by atoms with Crippen LogP contribution in [0.15, 0.2) is 48.6 Å². The van der Waals surface area contributed by atoms with E-state index < -0.39 is 24.3 Å². The number of carboxylic acids is 1. The number of unbranched alkanes of at least 4 members (excludes halogenated alkanes) is 13. The molecule has 2 atom stereocenters. The second-order valence-corrected chi connectivity index (χ2v) is 14.6. The summed E-state index contributed by atoms with van der Waals surface area (Å²) < 4.78 is 22.6. The summed E-state index contributed by atoms with van der Waals surface area (Å²) in [5, 5.41) is 9.60. The van der Waals surface area contributed by atoms with Crippen LogP contribution in [0.4, 0.5) is 0 Å². The van der Waals surface area contributed by atoms with Gasteiger partial charge in [0.25, 0.3) is 6.29 Å². The van der Waals surface area contributed by atoms with Crippen molar-refractivity contribution in [3.8, 4) is 0 Å². The van der Waals surface area contributed by atoms with Crippen molar-refractivity contribution >= 4 is 17.9 Å². The quantitative estimate of drug-likeness (QED) is 0.0223. The predicted molar refractivity (Wildman–Crippen MR) is 212 cm³/mol. The van der Waals surface area contributed by atoms with Crippen LogP contribution < -0.4 is 0 Å². The van der Waals surface area contributed by atoms with Crippen LogP contribution in [-0.4, -0.2) is 87.4 Å². The average Bonchev–Trinajstić information content (AvgIpc) is 3.09. The fourth-order valence-corrected chi connectivity index (χ4v) is 5.06. The van der Waals surface area contributed by atoms with E-state index in [1.807, 2.05) is 21.1 Å². The van der Waals surface area contributed by atoms with Crippen molar-refractivity contribution < 1.29 is 42.9 Å². The molecule has 0 aliphatic heterocycles. The van der Waals surface area contributed by atoms with Crippen LogP contribution in [0.1, 0.15) is 149 Å². The minimum Gasteiger partial charge on any atom is -0.477 e. The van der Waals surface area contributed by atoms with Gasteiger partial charge in [0.05, 0.1) is 34.4 Å². The zero-order valence-corrected chi connectivity index (χ0v) is 33.7. The van der Waals surface area contributed by atoms with Gasteiger partial charge < -0.3 is 28.5 Å². The first kappa shape index (κ1) is 49.2. The maximum Gasteiger partial charge on any atom is 0.361 e. The van der Waals surface area contributed by atoms with Crippen LogP contribution in [0.5, 0.6) is 0 Å². The van der Waals surface area contributed by atoms with E-state index in [2.05, 4.69) is 62.5 Å². The van der Waals surface area contributed by atoms with E-state index >= 15 is 0 Å². The van der Waals surface area contributed by atoms with Crippen molar-refractivity contribution in [2.45, 2.75) is 161 Å². The maximum absolute atomic E-state index is 12.7. The zero-order chi connectivity index (χ0) is 38.5. The second-order valence-electron chi connectivity index (χ2n) is 14.6. The van der Waals surface area contributed by atoms with Crippen LogP contribution in [0.25, 0.3) is 0 Å². The van der Waals surface area contributed by atoms with E-state index in [1.54, 1.807) is 0 Å². The number of aliphatic carboxylic acids is 1.